The average molecular weight is 308 g/mol. The molecular formula is C20H24N2O. The highest BCUT2D eigenvalue weighted by Gasteiger charge is 2.31. The van der Waals surface area contributed by atoms with E-state index in [2.05, 4.69) is 36.5 Å². The van der Waals surface area contributed by atoms with Crippen LogP contribution in [0, 0.1) is 12.8 Å². The summed E-state index contributed by atoms with van der Waals surface area (Å²) in [5, 5.41) is 3.69. The highest BCUT2D eigenvalue weighted by Crippen LogP contribution is 2.34. The molecule has 3 N–H and O–H groups in total. The van der Waals surface area contributed by atoms with Gasteiger partial charge in [0, 0.05) is 18.2 Å². The van der Waals surface area contributed by atoms with E-state index in [1.54, 1.807) is 6.07 Å². The average Bonchev–Trinajstić information content (AvgIpc) is 3.38. The van der Waals surface area contributed by atoms with Crippen LogP contribution >= 0.6 is 0 Å². The largest absolute Gasteiger partial charge is 0.366 e. The summed E-state index contributed by atoms with van der Waals surface area (Å²) in [5.74, 6) is 0.402. The lowest BCUT2D eigenvalue weighted by atomic mass is 9.98. The van der Waals surface area contributed by atoms with Gasteiger partial charge in [-0.05, 0) is 60.9 Å². The summed E-state index contributed by atoms with van der Waals surface area (Å²) in [6.45, 7) is 2.95. The van der Waals surface area contributed by atoms with E-state index >= 15 is 0 Å². The zero-order chi connectivity index (χ0) is 16.2. The van der Waals surface area contributed by atoms with Gasteiger partial charge >= 0.3 is 0 Å². The van der Waals surface area contributed by atoms with Crippen molar-refractivity contribution in [2.24, 2.45) is 11.7 Å². The van der Waals surface area contributed by atoms with Crippen LogP contribution in [0.5, 0.6) is 0 Å². The molecule has 2 aromatic carbocycles. The molecule has 1 atom stereocenters. The van der Waals surface area contributed by atoms with E-state index in [9.17, 15) is 4.79 Å². The SMILES string of the molecule is Cc1ccccc1CC(NCc1cccc(C(N)=O)c1)C1CC1. The molecule has 0 aromatic heterocycles. The Morgan fingerprint density at radius 2 is 2.00 bits per heavy atom. The third-order valence-corrected chi connectivity index (χ3v) is 4.67. The number of primary amides is 1. The van der Waals surface area contributed by atoms with Gasteiger partial charge < -0.3 is 11.1 Å². The Morgan fingerprint density at radius 3 is 2.70 bits per heavy atom. The molecule has 0 heterocycles. The molecule has 23 heavy (non-hydrogen) atoms. The summed E-state index contributed by atoms with van der Waals surface area (Å²) in [5.41, 5.74) is 9.82. The molecule has 3 rings (SSSR count). The first-order chi connectivity index (χ1) is 11.1. The summed E-state index contributed by atoms with van der Waals surface area (Å²) < 4.78 is 0. The number of aryl methyl sites for hydroxylation is 1. The fourth-order valence-corrected chi connectivity index (χ4v) is 3.06. The number of hydrogen-bond acceptors (Lipinski definition) is 2. The van der Waals surface area contributed by atoms with Gasteiger partial charge in [-0.25, -0.2) is 0 Å². The first-order valence-corrected chi connectivity index (χ1v) is 8.30. The lowest BCUT2D eigenvalue weighted by Gasteiger charge is -2.20. The monoisotopic (exact) mass is 308 g/mol. The zero-order valence-electron chi connectivity index (χ0n) is 13.6. The van der Waals surface area contributed by atoms with E-state index in [4.69, 9.17) is 5.73 Å². The molecule has 3 heteroatoms. The second-order valence-corrected chi connectivity index (χ2v) is 6.52. The second kappa shape index (κ2) is 6.97. The molecule has 2 aromatic rings. The van der Waals surface area contributed by atoms with Crippen LogP contribution in [0.15, 0.2) is 48.5 Å². The molecule has 0 saturated heterocycles. The number of carbonyl (C=O) groups excluding carboxylic acids is 1. The standard InChI is InChI=1S/C20H24N2O/c1-14-5-2-3-7-17(14)12-19(16-9-10-16)22-13-15-6-4-8-18(11-15)20(21)23/h2-8,11,16,19,22H,9-10,12-13H2,1H3,(H2,21,23). The van der Waals surface area contributed by atoms with Gasteiger partial charge in [-0.1, -0.05) is 36.4 Å². The Balaban J connectivity index is 1.65. The van der Waals surface area contributed by atoms with Crippen molar-refractivity contribution in [1.82, 2.24) is 5.32 Å². The van der Waals surface area contributed by atoms with E-state index in [-0.39, 0.29) is 5.91 Å². The number of hydrogen-bond donors (Lipinski definition) is 2. The molecular weight excluding hydrogens is 284 g/mol. The topological polar surface area (TPSA) is 55.1 Å². The highest BCUT2D eigenvalue weighted by molar-refractivity contribution is 5.92. The van der Waals surface area contributed by atoms with E-state index in [1.807, 2.05) is 18.2 Å². The molecule has 0 radical (unpaired) electrons. The molecule has 3 nitrogen and oxygen atoms in total. The Hall–Kier alpha value is -2.13. The van der Waals surface area contributed by atoms with E-state index in [0.29, 0.717) is 11.6 Å². The normalized spacial score (nSPS) is 15.3. The minimum atomic E-state index is -0.370. The first kappa shape index (κ1) is 15.8. The third kappa shape index (κ3) is 4.20. The van der Waals surface area contributed by atoms with Gasteiger partial charge in [0.05, 0.1) is 0 Å². The maximum atomic E-state index is 11.3. The zero-order valence-corrected chi connectivity index (χ0v) is 13.6. The number of benzene rings is 2. The minimum absolute atomic E-state index is 0.370. The van der Waals surface area contributed by atoms with Gasteiger partial charge in [-0.3, -0.25) is 4.79 Å². The van der Waals surface area contributed by atoms with Crippen LogP contribution in [0.2, 0.25) is 0 Å². The van der Waals surface area contributed by atoms with Crippen LogP contribution in [0.25, 0.3) is 0 Å². The fraction of sp³-hybridized carbons (Fsp3) is 0.350. The molecule has 1 aliphatic rings. The molecule has 120 valence electrons. The summed E-state index contributed by atoms with van der Waals surface area (Å²) in [7, 11) is 0. The quantitative estimate of drug-likeness (QED) is 0.825. The predicted molar refractivity (Wildman–Crippen MR) is 93.2 cm³/mol. The Bertz CT molecular complexity index is 692. The highest BCUT2D eigenvalue weighted by atomic mass is 16.1. The van der Waals surface area contributed by atoms with Gasteiger partial charge in [-0.15, -0.1) is 0 Å². The maximum Gasteiger partial charge on any atom is 0.248 e. The smallest absolute Gasteiger partial charge is 0.248 e. The molecule has 1 fully saturated rings. The number of amides is 1. The van der Waals surface area contributed by atoms with Crippen molar-refractivity contribution in [3.8, 4) is 0 Å². The van der Waals surface area contributed by atoms with Gasteiger partial charge in [0.15, 0.2) is 0 Å². The molecule has 1 aliphatic carbocycles. The first-order valence-electron chi connectivity index (χ1n) is 8.30. The Kier molecular flexibility index (Phi) is 4.77. The lowest BCUT2D eigenvalue weighted by molar-refractivity contribution is 0.1000. The number of nitrogens with two attached hydrogens (primary N) is 1. The van der Waals surface area contributed by atoms with Crippen LogP contribution in [0.1, 0.15) is 39.9 Å². The number of rotatable bonds is 7. The molecule has 1 saturated carbocycles. The summed E-state index contributed by atoms with van der Waals surface area (Å²) in [6, 6.07) is 16.7. The van der Waals surface area contributed by atoms with Crippen molar-refractivity contribution in [2.75, 3.05) is 0 Å². The second-order valence-electron chi connectivity index (χ2n) is 6.52. The van der Waals surface area contributed by atoms with E-state index in [0.717, 1.165) is 24.4 Å². The van der Waals surface area contributed by atoms with Gasteiger partial charge in [0.1, 0.15) is 0 Å². The third-order valence-electron chi connectivity index (χ3n) is 4.67. The van der Waals surface area contributed by atoms with Crippen LogP contribution in [-0.2, 0) is 13.0 Å². The van der Waals surface area contributed by atoms with Gasteiger partial charge in [0.2, 0.25) is 5.91 Å². The molecule has 0 spiro atoms. The predicted octanol–water partition coefficient (Wildman–Crippen LogP) is 3.20. The molecule has 0 aliphatic heterocycles. The van der Waals surface area contributed by atoms with Crippen molar-refractivity contribution >= 4 is 5.91 Å². The van der Waals surface area contributed by atoms with Crippen molar-refractivity contribution in [3.05, 3.63) is 70.8 Å². The Labute approximate surface area is 137 Å². The molecule has 1 amide bonds. The fourth-order valence-electron chi connectivity index (χ4n) is 3.06. The van der Waals surface area contributed by atoms with Crippen LogP contribution < -0.4 is 11.1 Å². The van der Waals surface area contributed by atoms with Crippen molar-refractivity contribution < 1.29 is 4.79 Å². The Morgan fingerprint density at radius 1 is 1.22 bits per heavy atom. The summed E-state index contributed by atoms with van der Waals surface area (Å²) in [6.07, 6.45) is 3.68. The molecule has 0 bridgehead atoms. The lowest BCUT2D eigenvalue weighted by Crippen LogP contribution is -2.33. The van der Waals surface area contributed by atoms with Crippen LogP contribution in [-0.4, -0.2) is 11.9 Å². The van der Waals surface area contributed by atoms with E-state index in [1.165, 1.54) is 24.0 Å². The minimum Gasteiger partial charge on any atom is -0.366 e. The van der Waals surface area contributed by atoms with Crippen LogP contribution in [0.4, 0.5) is 0 Å². The van der Waals surface area contributed by atoms with Crippen molar-refractivity contribution in [1.29, 1.82) is 0 Å². The van der Waals surface area contributed by atoms with Gasteiger partial charge in [0.25, 0.3) is 0 Å². The summed E-state index contributed by atoms with van der Waals surface area (Å²) in [4.78, 5) is 11.3. The maximum absolute atomic E-state index is 11.3. The number of carbonyl (C=O) groups is 1. The van der Waals surface area contributed by atoms with Gasteiger partial charge in [-0.2, -0.15) is 0 Å². The van der Waals surface area contributed by atoms with Crippen molar-refractivity contribution in [3.63, 3.8) is 0 Å². The van der Waals surface area contributed by atoms with Crippen molar-refractivity contribution in [2.45, 2.75) is 38.8 Å². The summed E-state index contributed by atoms with van der Waals surface area (Å²) >= 11 is 0. The molecule has 1 unspecified atom stereocenters. The van der Waals surface area contributed by atoms with E-state index < -0.39 is 0 Å². The number of nitrogens with one attached hydrogen (secondary N) is 1. The van der Waals surface area contributed by atoms with Crippen LogP contribution in [0.3, 0.4) is 0 Å².